The summed E-state index contributed by atoms with van der Waals surface area (Å²) in [6.07, 6.45) is 1.97. The molecule has 0 atom stereocenters. The normalized spacial score (nSPS) is 11.0. The zero-order valence-electron chi connectivity index (χ0n) is 15.3. The quantitative estimate of drug-likeness (QED) is 0.710. The lowest BCUT2D eigenvalue weighted by molar-refractivity contribution is -0.116. The molecule has 0 saturated carbocycles. The number of anilines is 2. The van der Waals surface area contributed by atoms with Crippen LogP contribution in [0.4, 0.5) is 11.4 Å². The third-order valence-corrected chi connectivity index (χ3v) is 4.93. The van der Waals surface area contributed by atoms with E-state index in [-0.39, 0.29) is 12.5 Å². The van der Waals surface area contributed by atoms with Crippen LogP contribution in [0.3, 0.4) is 0 Å². The first-order chi connectivity index (χ1) is 12.3. The molecule has 140 valence electrons. The number of sulfonamides is 1. The van der Waals surface area contributed by atoms with E-state index >= 15 is 0 Å². The molecule has 2 aromatic carbocycles. The molecule has 0 spiro atoms. The van der Waals surface area contributed by atoms with Crippen molar-refractivity contribution in [2.75, 3.05) is 35.7 Å². The monoisotopic (exact) mass is 376 g/mol. The van der Waals surface area contributed by atoms with E-state index in [4.69, 9.17) is 4.74 Å². The second kappa shape index (κ2) is 8.71. The number of benzene rings is 2. The Morgan fingerprint density at radius 2 is 1.62 bits per heavy atom. The smallest absolute Gasteiger partial charge is 0.247 e. The maximum absolute atomic E-state index is 12.6. The molecule has 1 amide bonds. The van der Waals surface area contributed by atoms with E-state index in [9.17, 15) is 13.2 Å². The Kier molecular flexibility index (Phi) is 6.63. The summed E-state index contributed by atoms with van der Waals surface area (Å²) in [5.41, 5.74) is 1.13. The number of amides is 1. The van der Waals surface area contributed by atoms with E-state index in [1.54, 1.807) is 43.4 Å². The molecule has 0 aliphatic rings. The van der Waals surface area contributed by atoms with E-state index in [1.807, 2.05) is 25.1 Å². The van der Waals surface area contributed by atoms with Gasteiger partial charge in [-0.05, 0) is 42.8 Å². The highest BCUT2D eigenvalue weighted by molar-refractivity contribution is 7.92. The third-order valence-electron chi connectivity index (χ3n) is 3.79. The molecule has 0 aliphatic carbocycles. The van der Waals surface area contributed by atoms with Gasteiger partial charge >= 0.3 is 0 Å². The number of para-hydroxylation sites is 1. The fourth-order valence-electron chi connectivity index (χ4n) is 2.35. The molecular weight excluding hydrogens is 352 g/mol. The minimum Gasteiger partial charge on any atom is -0.494 e. The highest BCUT2D eigenvalue weighted by Crippen LogP contribution is 2.22. The SMILES string of the molecule is CCCOc1ccc(N(CC(=O)N(C)c2ccccc2)S(C)(=O)=O)cc1. The number of ether oxygens (including phenoxy) is 1. The molecule has 0 aromatic heterocycles. The molecule has 0 unspecified atom stereocenters. The minimum absolute atomic E-state index is 0.278. The van der Waals surface area contributed by atoms with Gasteiger partial charge in [0.05, 0.1) is 18.6 Å². The summed E-state index contributed by atoms with van der Waals surface area (Å²) in [6.45, 7) is 2.32. The zero-order valence-corrected chi connectivity index (χ0v) is 16.1. The molecule has 6 nitrogen and oxygen atoms in total. The van der Waals surface area contributed by atoms with E-state index in [2.05, 4.69) is 0 Å². The van der Waals surface area contributed by atoms with Crippen LogP contribution in [0.1, 0.15) is 13.3 Å². The lowest BCUT2D eigenvalue weighted by Crippen LogP contribution is -2.41. The van der Waals surface area contributed by atoms with Gasteiger partial charge < -0.3 is 9.64 Å². The molecule has 0 fully saturated rings. The molecule has 2 rings (SSSR count). The average molecular weight is 376 g/mol. The second-order valence-corrected chi connectivity index (χ2v) is 7.81. The Morgan fingerprint density at radius 1 is 1.00 bits per heavy atom. The molecule has 26 heavy (non-hydrogen) atoms. The Labute approximate surface area is 155 Å². The van der Waals surface area contributed by atoms with Gasteiger partial charge in [0.2, 0.25) is 15.9 Å². The fourth-order valence-corrected chi connectivity index (χ4v) is 3.20. The first kappa shape index (κ1) is 19.8. The first-order valence-electron chi connectivity index (χ1n) is 8.35. The number of nitrogens with zero attached hydrogens (tertiary/aromatic N) is 2. The van der Waals surface area contributed by atoms with Crippen molar-refractivity contribution in [1.82, 2.24) is 0 Å². The van der Waals surface area contributed by atoms with Gasteiger partial charge in [0.1, 0.15) is 12.3 Å². The lowest BCUT2D eigenvalue weighted by atomic mass is 10.3. The Hall–Kier alpha value is -2.54. The topological polar surface area (TPSA) is 66.9 Å². The molecule has 0 saturated heterocycles. The number of carbonyl (C=O) groups excluding carboxylic acids is 1. The second-order valence-electron chi connectivity index (χ2n) is 5.90. The van der Waals surface area contributed by atoms with Crippen molar-refractivity contribution in [2.24, 2.45) is 0 Å². The van der Waals surface area contributed by atoms with E-state index in [0.717, 1.165) is 17.0 Å². The zero-order chi connectivity index (χ0) is 19.2. The van der Waals surface area contributed by atoms with Crippen molar-refractivity contribution in [2.45, 2.75) is 13.3 Å². The van der Waals surface area contributed by atoms with Gasteiger partial charge in [0.15, 0.2) is 0 Å². The lowest BCUT2D eigenvalue weighted by Gasteiger charge is -2.25. The predicted octanol–water partition coefficient (Wildman–Crippen LogP) is 2.90. The number of carbonyl (C=O) groups is 1. The summed E-state index contributed by atoms with van der Waals surface area (Å²) < 4.78 is 31.0. The van der Waals surface area contributed by atoms with Gasteiger partial charge in [-0.3, -0.25) is 9.10 Å². The molecule has 7 heteroatoms. The van der Waals surface area contributed by atoms with Crippen molar-refractivity contribution in [3.05, 3.63) is 54.6 Å². The van der Waals surface area contributed by atoms with Crippen LogP contribution in [0.2, 0.25) is 0 Å². The summed E-state index contributed by atoms with van der Waals surface area (Å²) in [5.74, 6) is 0.338. The van der Waals surface area contributed by atoms with Gasteiger partial charge in [-0.25, -0.2) is 8.42 Å². The Morgan fingerprint density at radius 3 is 2.15 bits per heavy atom. The first-order valence-corrected chi connectivity index (χ1v) is 10.2. The van der Waals surface area contributed by atoms with Crippen LogP contribution in [0.5, 0.6) is 5.75 Å². The Balaban J connectivity index is 2.19. The number of hydrogen-bond acceptors (Lipinski definition) is 4. The predicted molar refractivity (Wildman–Crippen MR) is 104 cm³/mol. The summed E-state index contributed by atoms with van der Waals surface area (Å²) in [4.78, 5) is 14.0. The molecule has 0 aliphatic heterocycles. The van der Waals surface area contributed by atoms with Crippen molar-refractivity contribution >= 4 is 27.3 Å². The maximum atomic E-state index is 12.6. The molecule has 2 aromatic rings. The van der Waals surface area contributed by atoms with Crippen LogP contribution in [-0.4, -0.2) is 40.8 Å². The van der Waals surface area contributed by atoms with Crippen LogP contribution in [0.15, 0.2) is 54.6 Å². The van der Waals surface area contributed by atoms with Crippen LogP contribution in [0.25, 0.3) is 0 Å². The summed E-state index contributed by atoms with van der Waals surface area (Å²) in [6, 6.07) is 15.8. The molecular formula is C19H24N2O4S. The summed E-state index contributed by atoms with van der Waals surface area (Å²) in [7, 11) is -1.99. The third kappa shape index (κ3) is 5.23. The number of hydrogen-bond donors (Lipinski definition) is 0. The van der Waals surface area contributed by atoms with Crippen molar-refractivity contribution in [3.8, 4) is 5.75 Å². The van der Waals surface area contributed by atoms with Crippen LogP contribution >= 0.6 is 0 Å². The van der Waals surface area contributed by atoms with Gasteiger partial charge in [-0.2, -0.15) is 0 Å². The molecule has 0 N–H and O–H groups in total. The van der Waals surface area contributed by atoms with Crippen LogP contribution < -0.4 is 13.9 Å². The summed E-state index contributed by atoms with van der Waals surface area (Å²) in [5, 5.41) is 0. The van der Waals surface area contributed by atoms with Crippen molar-refractivity contribution < 1.29 is 17.9 Å². The van der Waals surface area contributed by atoms with E-state index in [0.29, 0.717) is 23.7 Å². The standard InChI is InChI=1S/C19H24N2O4S/c1-4-14-25-18-12-10-17(11-13-18)21(26(3,23)24)15-19(22)20(2)16-8-6-5-7-9-16/h5-13H,4,14-15H2,1-3H3. The number of likely N-dealkylation sites (N-methyl/N-ethyl adjacent to an activating group) is 1. The Bertz CT molecular complexity index is 820. The van der Waals surface area contributed by atoms with E-state index < -0.39 is 10.0 Å². The maximum Gasteiger partial charge on any atom is 0.247 e. The van der Waals surface area contributed by atoms with Gasteiger partial charge in [0.25, 0.3) is 0 Å². The van der Waals surface area contributed by atoms with Gasteiger partial charge in [0, 0.05) is 12.7 Å². The molecule has 0 radical (unpaired) electrons. The molecule has 0 bridgehead atoms. The summed E-state index contributed by atoms with van der Waals surface area (Å²) >= 11 is 0. The van der Waals surface area contributed by atoms with Crippen LogP contribution in [-0.2, 0) is 14.8 Å². The highest BCUT2D eigenvalue weighted by Gasteiger charge is 2.23. The van der Waals surface area contributed by atoms with Gasteiger partial charge in [-0.15, -0.1) is 0 Å². The number of rotatable bonds is 8. The average Bonchev–Trinajstić information content (AvgIpc) is 2.64. The van der Waals surface area contributed by atoms with E-state index in [1.165, 1.54) is 4.90 Å². The molecule has 0 heterocycles. The highest BCUT2D eigenvalue weighted by atomic mass is 32.2. The largest absolute Gasteiger partial charge is 0.494 e. The van der Waals surface area contributed by atoms with Gasteiger partial charge in [-0.1, -0.05) is 25.1 Å². The minimum atomic E-state index is -3.61. The van der Waals surface area contributed by atoms with Crippen molar-refractivity contribution in [1.29, 1.82) is 0 Å². The fraction of sp³-hybridized carbons (Fsp3) is 0.316. The van der Waals surface area contributed by atoms with Crippen molar-refractivity contribution in [3.63, 3.8) is 0 Å². The van der Waals surface area contributed by atoms with Crippen LogP contribution in [0, 0.1) is 0 Å².